The number of likely N-dealkylation sites (tertiary alicyclic amines) is 1. The molecule has 1 atom stereocenters. The number of carbonyl (C=O) groups is 2. The second-order valence-corrected chi connectivity index (χ2v) is 8.64. The topological polar surface area (TPSA) is 71.5 Å². The summed E-state index contributed by atoms with van der Waals surface area (Å²) in [7, 11) is -3.60. The summed E-state index contributed by atoms with van der Waals surface area (Å²) in [6.07, 6.45) is 4.07. The first kappa shape index (κ1) is 18.6. The van der Waals surface area contributed by atoms with E-state index in [4.69, 9.17) is 0 Å². The van der Waals surface area contributed by atoms with Gasteiger partial charge >= 0.3 is 0 Å². The number of amides is 2. The van der Waals surface area contributed by atoms with E-state index in [1.165, 1.54) is 17.0 Å². The number of sulfone groups is 1. The van der Waals surface area contributed by atoms with Crippen LogP contribution in [0.3, 0.4) is 0 Å². The van der Waals surface area contributed by atoms with Crippen LogP contribution in [-0.2, 0) is 14.6 Å². The lowest BCUT2D eigenvalue weighted by molar-refractivity contribution is -0.128. The highest BCUT2D eigenvalue weighted by atomic mass is 32.2. The molecule has 6 heteroatoms. The summed E-state index contributed by atoms with van der Waals surface area (Å²) in [6.45, 7) is 3.95. The molecule has 24 heavy (non-hydrogen) atoms. The molecule has 0 radical (unpaired) electrons. The Morgan fingerprint density at radius 3 is 2.62 bits per heavy atom. The van der Waals surface area contributed by atoms with E-state index in [0.29, 0.717) is 19.4 Å². The van der Waals surface area contributed by atoms with Gasteiger partial charge in [-0.3, -0.25) is 14.5 Å². The zero-order valence-electron chi connectivity index (χ0n) is 14.3. The molecule has 1 fully saturated rings. The lowest BCUT2D eigenvalue weighted by Crippen LogP contribution is -2.37. The van der Waals surface area contributed by atoms with Gasteiger partial charge in [0.1, 0.15) is 0 Å². The smallest absolute Gasteiger partial charge is 0.261 e. The molecular formula is C18H25NO4S. The summed E-state index contributed by atoms with van der Waals surface area (Å²) >= 11 is 0. The summed E-state index contributed by atoms with van der Waals surface area (Å²) < 4.78 is 25.6. The van der Waals surface area contributed by atoms with Crippen molar-refractivity contribution in [3.63, 3.8) is 0 Å². The average Bonchev–Trinajstić information content (AvgIpc) is 2.79. The van der Waals surface area contributed by atoms with Gasteiger partial charge in [-0.25, -0.2) is 8.42 Å². The fraction of sp³-hybridized carbons (Fsp3) is 0.556. The van der Waals surface area contributed by atoms with Crippen LogP contribution in [0.2, 0.25) is 0 Å². The van der Waals surface area contributed by atoms with E-state index in [-0.39, 0.29) is 16.4 Å². The zero-order chi connectivity index (χ0) is 17.7. The molecule has 0 N–H and O–H groups in total. The molecule has 2 rings (SSSR count). The fourth-order valence-corrected chi connectivity index (χ4v) is 4.72. The maximum absolute atomic E-state index is 12.9. The minimum atomic E-state index is -3.60. The third-order valence-electron chi connectivity index (χ3n) is 4.47. The standard InChI is InChI=1S/C18H25NO4S/c1-3-9-14(2)24(22,23)16-11-7-6-10-15(16)18(21)19-13-8-4-5-12-17(19)20/h6-7,10-11,14H,3-5,8-9,12-13H2,1-2H3. The number of nitrogens with zero attached hydrogens (tertiary/aromatic N) is 1. The second-order valence-electron chi connectivity index (χ2n) is 6.30. The van der Waals surface area contributed by atoms with Crippen molar-refractivity contribution in [2.45, 2.75) is 62.5 Å². The van der Waals surface area contributed by atoms with Crippen LogP contribution in [0.25, 0.3) is 0 Å². The first-order valence-corrected chi connectivity index (χ1v) is 10.1. The van der Waals surface area contributed by atoms with E-state index in [2.05, 4.69) is 0 Å². The van der Waals surface area contributed by atoms with E-state index in [1.807, 2.05) is 6.92 Å². The Kier molecular flexibility index (Phi) is 6.15. The molecular weight excluding hydrogens is 326 g/mol. The molecule has 1 aliphatic rings. The number of carbonyl (C=O) groups excluding carboxylic acids is 2. The van der Waals surface area contributed by atoms with Gasteiger partial charge < -0.3 is 0 Å². The van der Waals surface area contributed by atoms with Crippen LogP contribution < -0.4 is 0 Å². The maximum atomic E-state index is 12.9. The first-order chi connectivity index (χ1) is 11.4. The Balaban J connectivity index is 2.41. The summed E-state index contributed by atoms with van der Waals surface area (Å²) in [6, 6.07) is 6.23. The van der Waals surface area contributed by atoms with E-state index in [1.54, 1.807) is 19.1 Å². The third-order valence-corrected chi connectivity index (χ3v) is 6.73. The molecule has 1 heterocycles. The Morgan fingerprint density at radius 2 is 1.92 bits per heavy atom. The number of rotatable bonds is 5. The first-order valence-electron chi connectivity index (χ1n) is 8.57. The molecule has 0 saturated carbocycles. The lowest BCUT2D eigenvalue weighted by atomic mass is 10.2. The highest BCUT2D eigenvalue weighted by Crippen LogP contribution is 2.25. The van der Waals surface area contributed by atoms with Gasteiger partial charge in [-0.1, -0.05) is 31.9 Å². The summed E-state index contributed by atoms with van der Waals surface area (Å²) in [5, 5.41) is -0.559. The normalized spacial score (nSPS) is 17.4. The molecule has 0 spiro atoms. The number of imide groups is 1. The predicted octanol–water partition coefficient (Wildman–Crippen LogP) is 3.19. The molecule has 1 aromatic rings. The minimum absolute atomic E-state index is 0.0352. The van der Waals surface area contributed by atoms with Gasteiger partial charge in [0.2, 0.25) is 5.91 Å². The van der Waals surface area contributed by atoms with Crippen LogP contribution in [0.4, 0.5) is 0 Å². The molecule has 0 aromatic heterocycles. The molecule has 132 valence electrons. The molecule has 2 amide bonds. The van der Waals surface area contributed by atoms with Crippen LogP contribution >= 0.6 is 0 Å². The predicted molar refractivity (Wildman–Crippen MR) is 92.5 cm³/mol. The van der Waals surface area contributed by atoms with Crippen molar-refractivity contribution >= 4 is 21.7 Å². The van der Waals surface area contributed by atoms with E-state index < -0.39 is 21.0 Å². The van der Waals surface area contributed by atoms with Gasteiger partial charge in [0.15, 0.2) is 9.84 Å². The Morgan fingerprint density at radius 1 is 1.21 bits per heavy atom. The monoisotopic (exact) mass is 351 g/mol. The molecule has 1 saturated heterocycles. The summed E-state index contributed by atoms with van der Waals surface area (Å²) in [5.74, 6) is -0.712. The van der Waals surface area contributed by atoms with Crippen molar-refractivity contribution < 1.29 is 18.0 Å². The zero-order valence-corrected chi connectivity index (χ0v) is 15.1. The van der Waals surface area contributed by atoms with Crippen molar-refractivity contribution in [1.29, 1.82) is 0 Å². The van der Waals surface area contributed by atoms with Crippen LogP contribution in [0.5, 0.6) is 0 Å². The summed E-state index contributed by atoms with van der Waals surface area (Å²) in [5.41, 5.74) is 0.107. The second kappa shape index (κ2) is 7.92. The highest BCUT2D eigenvalue weighted by molar-refractivity contribution is 7.92. The number of benzene rings is 1. The molecule has 5 nitrogen and oxygen atoms in total. The molecule has 1 aromatic carbocycles. The van der Waals surface area contributed by atoms with Crippen LogP contribution in [0, 0.1) is 0 Å². The largest absolute Gasteiger partial charge is 0.278 e. The Hall–Kier alpha value is -1.69. The van der Waals surface area contributed by atoms with Crippen molar-refractivity contribution in [3.8, 4) is 0 Å². The van der Waals surface area contributed by atoms with Crippen molar-refractivity contribution in [2.75, 3.05) is 6.54 Å². The van der Waals surface area contributed by atoms with Gasteiger partial charge in [0.25, 0.3) is 5.91 Å². The SMILES string of the molecule is CCCC(C)S(=O)(=O)c1ccccc1C(=O)N1CCCCCC1=O. The maximum Gasteiger partial charge on any atom is 0.261 e. The minimum Gasteiger partial charge on any atom is -0.278 e. The lowest BCUT2D eigenvalue weighted by Gasteiger charge is -2.21. The van der Waals surface area contributed by atoms with E-state index in [9.17, 15) is 18.0 Å². The summed E-state index contributed by atoms with van der Waals surface area (Å²) in [4.78, 5) is 26.3. The van der Waals surface area contributed by atoms with E-state index >= 15 is 0 Å². The fourth-order valence-electron chi connectivity index (χ4n) is 3.01. The van der Waals surface area contributed by atoms with Crippen LogP contribution in [-0.4, -0.2) is 36.9 Å². The highest BCUT2D eigenvalue weighted by Gasteiger charge is 2.31. The molecule has 1 unspecified atom stereocenters. The number of hydrogen-bond donors (Lipinski definition) is 0. The van der Waals surface area contributed by atoms with Crippen molar-refractivity contribution in [3.05, 3.63) is 29.8 Å². The van der Waals surface area contributed by atoms with Gasteiger partial charge in [-0.2, -0.15) is 0 Å². The van der Waals surface area contributed by atoms with Gasteiger partial charge in [-0.05, 0) is 38.3 Å². The third kappa shape index (κ3) is 3.86. The Bertz CT molecular complexity index is 711. The molecule has 1 aliphatic heterocycles. The van der Waals surface area contributed by atoms with Crippen molar-refractivity contribution in [1.82, 2.24) is 4.90 Å². The molecule has 0 aliphatic carbocycles. The van der Waals surface area contributed by atoms with Gasteiger partial charge in [0.05, 0.1) is 15.7 Å². The van der Waals surface area contributed by atoms with Crippen LogP contribution in [0.1, 0.15) is 62.7 Å². The number of hydrogen-bond acceptors (Lipinski definition) is 4. The molecule has 0 bridgehead atoms. The van der Waals surface area contributed by atoms with Gasteiger partial charge in [0, 0.05) is 13.0 Å². The van der Waals surface area contributed by atoms with Crippen molar-refractivity contribution in [2.24, 2.45) is 0 Å². The quantitative estimate of drug-likeness (QED) is 0.764. The van der Waals surface area contributed by atoms with Gasteiger partial charge in [-0.15, -0.1) is 0 Å². The van der Waals surface area contributed by atoms with Crippen LogP contribution in [0.15, 0.2) is 29.2 Å². The van der Waals surface area contributed by atoms with E-state index in [0.717, 1.165) is 25.7 Å². The Labute approximate surface area is 144 Å². The average molecular weight is 351 g/mol.